The first-order valence-corrected chi connectivity index (χ1v) is 7.15. The minimum Gasteiger partial charge on any atom is -0.496 e. The van der Waals surface area contributed by atoms with Gasteiger partial charge in [-0.25, -0.2) is 0 Å². The highest BCUT2D eigenvalue weighted by atomic mass is 35.5. The number of methoxy groups -OCH3 is 1. The summed E-state index contributed by atoms with van der Waals surface area (Å²) in [6.07, 6.45) is 1.88. The minimum absolute atomic E-state index is 0. The number of halogens is 2. The molecule has 0 aliphatic carbocycles. The van der Waals surface area contributed by atoms with Crippen molar-refractivity contribution in [3.8, 4) is 5.75 Å². The largest absolute Gasteiger partial charge is 0.496 e. The Hall–Kier alpha value is -1.92. The molecule has 23 heavy (non-hydrogen) atoms. The third kappa shape index (κ3) is 4.09. The number of hydrogen-bond donors (Lipinski definition) is 2. The highest BCUT2D eigenvalue weighted by Gasteiger charge is 2.19. The maximum atomic E-state index is 12.5. The quantitative estimate of drug-likeness (QED) is 0.823. The number of amides is 1. The van der Waals surface area contributed by atoms with Crippen molar-refractivity contribution >= 4 is 35.6 Å². The van der Waals surface area contributed by atoms with Crippen molar-refractivity contribution < 1.29 is 9.53 Å². The van der Waals surface area contributed by atoms with Gasteiger partial charge in [0, 0.05) is 24.9 Å². The van der Waals surface area contributed by atoms with Gasteiger partial charge in [0.25, 0.3) is 5.91 Å². The number of carbonyl (C=O) groups is 1. The number of aryl methyl sites for hydroxylation is 2. The van der Waals surface area contributed by atoms with Crippen LogP contribution in [0.5, 0.6) is 5.75 Å². The summed E-state index contributed by atoms with van der Waals surface area (Å²) in [5.74, 6) is 0.101. The number of nitrogen functional groups attached to an aromatic ring is 1. The molecule has 1 aromatic heterocycles. The second-order valence-electron chi connectivity index (χ2n) is 5.11. The monoisotopic (exact) mass is 358 g/mol. The SMILES string of the molecule is COc1cc(N)c(Cl)cc1C(=O)NC(C)c1cn(C)nc1C.Cl. The van der Waals surface area contributed by atoms with Crippen LogP contribution in [0, 0.1) is 6.92 Å². The molecule has 2 rings (SSSR count). The first kappa shape index (κ1) is 19.1. The molecular weight excluding hydrogens is 339 g/mol. The second kappa shape index (κ2) is 7.57. The van der Waals surface area contributed by atoms with Gasteiger partial charge in [0.15, 0.2) is 0 Å². The molecule has 3 N–H and O–H groups in total. The zero-order chi connectivity index (χ0) is 16.4. The normalized spacial score (nSPS) is 11.5. The van der Waals surface area contributed by atoms with E-state index in [1.165, 1.54) is 19.2 Å². The first-order chi connectivity index (χ1) is 10.3. The summed E-state index contributed by atoms with van der Waals surface area (Å²) in [6, 6.07) is 2.85. The molecule has 2 aromatic rings. The van der Waals surface area contributed by atoms with Gasteiger partial charge in [-0.1, -0.05) is 11.6 Å². The van der Waals surface area contributed by atoms with Gasteiger partial charge in [0.05, 0.1) is 35.1 Å². The van der Waals surface area contributed by atoms with Gasteiger partial charge in [-0.2, -0.15) is 5.10 Å². The molecular formula is C15H20Cl2N4O2. The molecule has 1 heterocycles. The highest BCUT2D eigenvalue weighted by Crippen LogP contribution is 2.29. The summed E-state index contributed by atoms with van der Waals surface area (Å²) in [7, 11) is 3.32. The Bertz CT molecular complexity index is 716. The van der Waals surface area contributed by atoms with E-state index >= 15 is 0 Å². The summed E-state index contributed by atoms with van der Waals surface area (Å²) in [5.41, 5.74) is 8.26. The number of carbonyl (C=O) groups excluding carboxylic acids is 1. The molecule has 0 fully saturated rings. The van der Waals surface area contributed by atoms with E-state index in [1.807, 2.05) is 27.1 Å². The number of nitrogens with one attached hydrogen (secondary N) is 1. The molecule has 0 saturated carbocycles. The lowest BCUT2D eigenvalue weighted by atomic mass is 10.1. The third-order valence-corrected chi connectivity index (χ3v) is 3.76. The summed E-state index contributed by atoms with van der Waals surface area (Å²) in [5, 5.41) is 7.51. The Kier molecular flexibility index (Phi) is 6.29. The zero-order valence-electron chi connectivity index (χ0n) is 13.4. The summed E-state index contributed by atoms with van der Waals surface area (Å²) >= 11 is 6.00. The second-order valence-corrected chi connectivity index (χ2v) is 5.52. The van der Waals surface area contributed by atoms with Crippen LogP contribution in [0.25, 0.3) is 0 Å². The van der Waals surface area contributed by atoms with Crippen LogP contribution in [0.4, 0.5) is 5.69 Å². The number of rotatable bonds is 4. The first-order valence-electron chi connectivity index (χ1n) is 6.77. The van der Waals surface area contributed by atoms with E-state index in [2.05, 4.69) is 10.4 Å². The third-order valence-electron chi connectivity index (χ3n) is 3.43. The molecule has 1 atom stereocenters. The van der Waals surface area contributed by atoms with Crippen LogP contribution in [0.3, 0.4) is 0 Å². The number of nitrogens with zero attached hydrogens (tertiary/aromatic N) is 2. The van der Waals surface area contributed by atoms with Gasteiger partial charge in [-0.05, 0) is 19.9 Å². The van der Waals surface area contributed by atoms with Crippen molar-refractivity contribution in [2.24, 2.45) is 7.05 Å². The molecule has 0 saturated heterocycles. The molecule has 0 bridgehead atoms. The summed E-state index contributed by atoms with van der Waals surface area (Å²) < 4.78 is 6.92. The number of hydrogen-bond acceptors (Lipinski definition) is 4. The summed E-state index contributed by atoms with van der Waals surface area (Å²) in [4.78, 5) is 12.5. The van der Waals surface area contributed by atoms with E-state index in [0.29, 0.717) is 22.0 Å². The van der Waals surface area contributed by atoms with E-state index in [-0.39, 0.29) is 24.4 Å². The molecule has 6 nitrogen and oxygen atoms in total. The molecule has 0 aliphatic heterocycles. The average Bonchev–Trinajstić information content (AvgIpc) is 2.80. The number of benzene rings is 1. The Balaban J connectivity index is 0.00000264. The van der Waals surface area contributed by atoms with Crippen LogP contribution >= 0.6 is 24.0 Å². The molecule has 1 aromatic carbocycles. The maximum Gasteiger partial charge on any atom is 0.255 e. The van der Waals surface area contributed by atoms with E-state index in [9.17, 15) is 4.79 Å². The van der Waals surface area contributed by atoms with Crippen LogP contribution in [0.2, 0.25) is 5.02 Å². The van der Waals surface area contributed by atoms with Crippen LogP contribution in [0.1, 0.15) is 34.6 Å². The van der Waals surface area contributed by atoms with Crippen LogP contribution in [-0.4, -0.2) is 22.8 Å². The molecule has 1 amide bonds. The fourth-order valence-electron chi connectivity index (χ4n) is 2.31. The van der Waals surface area contributed by atoms with Crippen molar-refractivity contribution in [2.45, 2.75) is 19.9 Å². The predicted octanol–water partition coefficient (Wildman–Crippen LogP) is 2.89. The van der Waals surface area contributed by atoms with Gasteiger partial charge in [0.1, 0.15) is 5.75 Å². The van der Waals surface area contributed by atoms with Crippen LogP contribution < -0.4 is 15.8 Å². The van der Waals surface area contributed by atoms with E-state index in [0.717, 1.165) is 11.3 Å². The molecule has 8 heteroatoms. The topological polar surface area (TPSA) is 82.2 Å². The number of aromatic nitrogens is 2. The standard InChI is InChI=1S/C15H19ClN4O2.ClH/c1-8(11-7-20(3)19-9(11)2)18-15(21)10-5-12(16)13(17)6-14(10)22-4;/h5-8H,17H2,1-4H3,(H,18,21);1H. The van der Waals surface area contributed by atoms with Crippen molar-refractivity contribution in [2.75, 3.05) is 12.8 Å². The Labute approximate surface area is 146 Å². The smallest absolute Gasteiger partial charge is 0.255 e. The molecule has 0 aliphatic rings. The lowest BCUT2D eigenvalue weighted by molar-refractivity contribution is 0.0937. The van der Waals surface area contributed by atoms with Crippen molar-refractivity contribution in [3.05, 3.63) is 40.2 Å². The zero-order valence-corrected chi connectivity index (χ0v) is 15.0. The van der Waals surface area contributed by atoms with Crippen molar-refractivity contribution in [1.82, 2.24) is 15.1 Å². The van der Waals surface area contributed by atoms with Crippen LogP contribution in [-0.2, 0) is 7.05 Å². The maximum absolute atomic E-state index is 12.5. The molecule has 126 valence electrons. The van der Waals surface area contributed by atoms with E-state index < -0.39 is 0 Å². The van der Waals surface area contributed by atoms with Gasteiger partial charge >= 0.3 is 0 Å². The van der Waals surface area contributed by atoms with Crippen LogP contribution in [0.15, 0.2) is 18.3 Å². The fraction of sp³-hybridized carbons (Fsp3) is 0.333. The fourth-order valence-corrected chi connectivity index (χ4v) is 2.47. The highest BCUT2D eigenvalue weighted by molar-refractivity contribution is 6.33. The van der Waals surface area contributed by atoms with E-state index in [4.69, 9.17) is 22.1 Å². The minimum atomic E-state index is -0.283. The van der Waals surface area contributed by atoms with Gasteiger partial charge in [0.2, 0.25) is 0 Å². The molecule has 1 unspecified atom stereocenters. The number of anilines is 1. The summed E-state index contributed by atoms with van der Waals surface area (Å²) in [6.45, 7) is 3.80. The lowest BCUT2D eigenvalue weighted by Gasteiger charge is -2.15. The Morgan fingerprint density at radius 2 is 2.13 bits per heavy atom. The average molecular weight is 359 g/mol. The number of ether oxygens (including phenoxy) is 1. The number of nitrogens with two attached hydrogens (primary N) is 1. The Morgan fingerprint density at radius 1 is 1.48 bits per heavy atom. The van der Waals surface area contributed by atoms with Gasteiger partial charge < -0.3 is 15.8 Å². The molecule has 0 radical (unpaired) electrons. The van der Waals surface area contributed by atoms with Gasteiger partial charge in [-0.3, -0.25) is 9.48 Å². The Morgan fingerprint density at radius 3 is 2.65 bits per heavy atom. The van der Waals surface area contributed by atoms with Crippen molar-refractivity contribution in [3.63, 3.8) is 0 Å². The predicted molar refractivity (Wildman–Crippen MR) is 93.5 cm³/mol. The van der Waals surface area contributed by atoms with Crippen molar-refractivity contribution in [1.29, 1.82) is 0 Å². The molecule has 0 spiro atoms. The lowest BCUT2D eigenvalue weighted by Crippen LogP contribution is -2.27. The van der Waals surface area contributed by atoms with Gasteiger partial charge in [-0.15, -0.1) is 12.4 Å². The van der Waals surface area contributed by atoms with E-state index in [1.54, 1.807) is 4.68 Å².